The van der Waals surface area contributed by atoms with Gasteiger partial charge in [0.15, 0.2) is 0 Å². The number of alkyl halides is 3. The maximum absolute atomic E-state index is 9.50. The van der Waals surface area contributed by atoms with Crippen molar-refractivity contribution >= 4 is 41.3 Å². The van der Waals surface area contributed by atoms with Crippen LogP contribution in [0.1, 0.15) is 206 Å². The Morgan fingerprint density at radius 3 is 0.575 bits per heavy atom. The summed E-state index contributed by atoms with van der Waals surface area (Å²) in [6, 6.07) is 53.1. The Kier molecular flexibility index (Phi) is 253. The fourth-order valence-corrected chi connectivity index (χ4v) is 3.98. The summed E-state index contributed by atoms with van der Waals surface area (Å²) in [5.74, 6) is 1.04. The van der Waals surface area contributed by atoms with E-state index in [9.17, 15) is 4.39 Å². The third-order valence-corrected chi connectivity index (χ3v) is 6.60. The molecule has 9 heteroatoms. The third kappa shape index (κ3) is 203. The largest absolute Gasteiger partial charge is 0.448 e. The molecule has 0 aromatic heterocycles. The Balaban J connectivity index is -0.0000000356. The van der Waals surface area contributed by atoms with Crippen molar-refractivity contribution in [2.75, 3.05) is 46.9 Å². The molecule has 5 aromatic carbocycles. The highest BCUT2D eigenvalue weighted by molar-refractivity contribution is 14.1. The fourth-order valence-electron chi connectivity index (χ4n) is 3.98. The van der Waals surface area contributed by atoms with Crippen LogP contribution in [0.25, 0.3) is 0 Å². The molecule has 0 heterocycles. The first-order chi connectivity index (χ1) is 38.3. The van der Waals surface area contributed by atoms with Crippen molar-refractivity contribution < 1.29 is 23.9 Å². The van der Waals surface area contributed by atoms with Crippen LogP contribution in [0.5, 0.6) is 0 Å². The van der Waals surface area contributed by atoms with Crippen molar-refractivity contribution in [1.29, 1.82) is 5.26 Å². The predicted octanol–water partition coefficient (Wildman–Crippen LogP) is 25.1. The maximum Gasteiger partial charge on any atom is 0.448 e. The molecule has 0 spiro atoms. The maximum atomic E-state index is 9.50. The number of ether oxygens (including phenoxy) is 2. The summed E-state index contributed by atoms with van der Waals surface area (Å²) in [6.45, 7) is 51.5. The molecule has 0 atom stereocenters. The van der Waals surface area contributed by atoms with Crippen LogP contribution in [0.3, 0.4) is 0 Å². The number of halogens is 3. The molecule has 0 bridgehead atoms. The van der Waals surface area contributed by atoms with E-state index in [4.69, 9.17) is 15.3 Å². The molecule has 5 aromatic rings. The summed E-state index contributed by atoms with van der Waals surface area (Å²) in [6.07, 6.45) is 8.91. The minimum atomic E-state index is -1.17. The van der Waals surface area contributed by atoms with E-state index in [-0.39, 0.29) is 7.43 Å². The van der Waals surface area contributed by atoms with Crippen LogP contribution in [0.15, 0.2) is 152 Å². The monoisotopic (exact) mass is 1260 g/mol. The molecule has 0 radical (unpaired) electrons. The Morgan fingerprint density at radius 1 is 0.425 bits per heavy atom. The van der Waals surface area contributed by atoms with E-state index in [0.717, 1.165) is 5.92 Å². The van der Waals surface area contributed by atoms with Crippen LogP contribution in [-0.4, -0.2) is 64.1 Å². The molecule has 0 unspecified atom stereocenters. The first-order valence-corrected chi connectivity index (χ1v) is 31.9. The lowest BCUT2D eigenvalue weighted by Crippen LogP contribution is -2.00. The number of benzene rings is 5. The van der Waals surface area contributed by atoms with Gasteiger partial charge < -0.3 is 19.5 Å². The van der Waals surface area contributed by atoms with E-state index in [1.165, 1.54) is 80.1 Å². The first-order valence-electron chi connectivity index (χ1n) is 29.0. The van der Waals surface area contributed by atoms with Crippen molar-refractivity contribution in [2.24, 2.45) is 5.92 Å². The fraction of sp³-hybridized carbons (Fsp3) is 0.563. The van der Waals surface area contributed by atoms with Gasteiger partial charge >= 0.3 is 7.12 Å². The summed E-state index contributed by atoms with van der Waals surface area (Å²) >= 11 is 6.79. The number of methoxy groups -OCH3 is 2. The normalized spacial score (nSPS) is 7.81. The first kappa shape index (κ1) is 123. The van der Waals surface area contributed by atoms with Crippen LogP contribution in [0, 0.1) is 51.9 Å². The molecule has 0 amide bonds. The Labute approximate surface area is 525 Å². The summed E-state index contributed by atoms with van der Waals surface area (Å²) in [4.78, 5) is 1.97. The Hall–Kier alpha value is -3.56. The molecule has 2 N–H and O–H groups in total. The van der Waals surface area contributed by atoms with E-state index in [0.29, 0.717) is 7.18 Å². The van der Waals surface area contributed by atoms with Crippen LogP contribution in [0.2, 0.25) is 6.82 Å². The smallest absolute Gasteiger partial charge is 0.427 e. The topological polar surface area (TPSA) is 82.7 Å². The van der Waals surface area contributed by atoms with Gasteiger partial charge in [-0.15, -0.1) is 11.6 Å². The molecule has 1 aliphatic rings. The summed E-state index contributed by atoms with van der Waals surface area (Å²) in [7, 11) is 5.83. The number of nitriles is 1. The van der Waals surface area contributed by atoms with Crippen LogP contribution < -0.4 is 0 Å². The molecule has 0 saturated heterocycles. The molecule has 80 heavy (non-hydrogen) atoms. The summed E-state index contributed by atoms with van der Waals surface area (Å²) < 4.78 is 18.0. The number of nitrogens with zero attached hydrogens (tertiary/aromatic N) is 1. The highest BCUT2D eigenvalue weighted by atomic mass is 127. The number of hydrogen-bond donors (Lipinski definition) is 2. The Bertz CT molecular complexity index is 1220. The number of hydrogen-bond acceptors (Lipinski definition) is 5. The quantitative estimate of drug-likeness (QED) is 0.0917. The van der Waals surface area contributed by atoms with Crippen LogP contribution >= 0.6 is 34.2 Å². The van der Waals surface area contributed by atoms with Gasteiger partial charge in [0.25, 0.3) is 0 Å². The van der Waals surface area contributed by atoms with Gasteiger partial charge in [0, 0.05) is 41.7 Å². The SMILES string of the molecule is C.CB(O)O.CC.CC.CC.CC.CC.CC.CC.CC.CC.CC#N.CC1CCCCC1.CCl.CF.CI.COC.COC.Cc1ccccc1.Cc1ccccc1.Cc1ccccc1.Cc1ccccc1.Cc1ccccc1. The highest BCUT2D eigenvalue weighted by Crippen LogP contribution is 2.22. The average molecular weight is 1270 g/mol. The van der Waals surface area contributed by atoms with Crippen molar-refractivity contribution in [3.05, 3.63) is 179 Å². The third-order valence-electron chi connectivity index (χ3n) is 6.60. The van der Waals surface area contributed by atoms with Crippen LogP contribution in [-0.2, 0) is 9.47 Å². The molecular formula is C71H141BClFINO4. The van der Waals surface area contributed by atoms with E-state index < -0.39 is 7.12 Å². The summed E-state index contributed by atoms with van der Waals surface area (Å²) in [5, 5.41) is 22.5. The number of aryl methyl sites for hydroxylation is 5. The molecule has 1 saturated carbocycles. The van der Waals surface area contributed by atoms with E-state index in [2.05, 4.69) is 146 Å². The zero-order chi connectivity index (χ0) is 66.4. The van der Waals surface area contributed by atoms with Gasteiger partial charge in [-0.2, -0.15) is 5.26 Å². The molecule has 478 valence electrons. The van der Waals surface area contributed by atoms with Gasteiger partial charge in [0.1, 0.15) is 0 Å². The second-order valence-corrected chi connectivity index (χ2v) is 12.7. The highest BCUT2D eigenvalue weighted by Gasteiger charge is 2.06. The van der Waals surface area contributed by atoms with Crippen molar-refractivity contribution in [1.82, 2.24) is 0 Å². The zero-order valence-corrected chi connectivity index (χ0v) is 61.3. The minimum absolute atomic E-state index is 0. The summed E-state index contributed by atoms with van der Waals surface area (Å²) in [5.41, 5.74) is 6.61. The lowest BCUT2D eigenvalue weighted by Gasteiger charge is -2.15. The average Bonchev–Trinajstić information content (AvgIpc) is 3.52. The van der Waals surface area contributed by atoms with Crippen molar-refractivity contribution in [2.45, 2.75) is 219 Å². The van der Waals surface area contributed by atoms with Gasteiger partial charge in [-0.3, -0.25) is 4.39 Å². The van der Waals surface area contributed by atoms with Crippen molar-refractivity contribution in [3.8, 4) is 6.07 Å². The second kappa shape index (κ2) is 164. The van der Waals surface area contributed by atoms with Crippen molar-refractivity contribution in [3.63, 3.8) is 0 Å². The molecule has 0 aliphatic heterocycles. The molecule has 5 nitrogen and oxygen atoms in total. The van der Waals surface area contributed by atoms with Gasteiger partial charge in [0.05, 0.1) is 13.2 Å². The van der Waals surface area contributed by atoms with Gasteiger partial charge in [0.2, 0.25) is 0 Å². The molecule has 1 fully saturated rings. The zero-order valence-electron chi connectivity index (χ0n) is 58.4. The van der Waals surface area contributed by atoms with Gasteiger partial charge in [-0.05, 0) is 52.3 Å². The molecule has 6 rings (SSSR count). The van der Waals surface area contributed by atoms with Gasteiger partial charge in [-0.25, -0.2) is 0 Å². The van der Waals surface area contributed by atoms with Gasteiger partial charge in [-0.1, -0.05) is 373 Å². The lowest BCUT2D eigenvalue weighted by atomic mass is 9.91. The standard InChI is InChI=1S/C7H14.5C7H8.C2H3N.2C2H6O.9C2H6.CH5BO2.CH3Cl.CH3F.CH3I.CH4/c6*1-7-5-3-2-4-6-7;1-2-3;2*1-3-2;9*1-2;1-2(3)4;3*1-2;/h7H,2-6H2,1H3;5*2-6H,1H3;1H3;2*1-2H3;9*1-2H3;3-4H,1H3;3*1H3;1H4. The molecular weight excluding hydrogens is 1120 g/mol. The van der Waals surface area contributed by atoms with E-state index in [1.807, 2.05) is 221 Å². The lowest BCUT2D eigenvalue weighted by molar-refractivity contribution is 0.277. The Morgan fingerprint density at radius 2 is 0.525 bits per heavy atom. The minimum Gasteiger partial charge on any atom is -0.427 e. The van der Waals surface area contributed by atoms with E-state index in [1.54, 1.807) is 34.5 Å². The van der Waals surface area contributed by atoms with Crippen LogP contribution in [0.4, 0.5) is 4.39 Å². The molecule has 1 aliphatic carbocycles. The van der Waals surface area contributed by atoms with E-state index >= 15 is 0 Å². The second-order valence-electron chi connectivity index (χ2n) is 12.7. The predicted molar refractivity (Wildman–Crippen MR) is 389 cm³/mol. The number of rotatable bonds is 0.